The summed E-state index contributed by atoms with van der Waals surface area (Å²) in [7, 11) is 0. The molecule has 0 aromatic carbocycles. The van der Waals surface area contributed by atoms with Gasteiger partial charge in [-0.05, 0) is 58.4 Å². The highest BCUT2D eigenvalue weighted by Crippen LogP contribution is 2.27. The van der Waals surface area contributed by atoms with Crippen molar-refractivity contribution in [2.24, 2.45) is 5.92 Å². The molecule has 1 heterocycles. The lowest BCUT2D eigenvalue weighted by Crippen LogP contribution is -2.43. The van der Waals surface area contributed by atoms with Crippen LogP contribution in [0.1, 0.15) is 71.6 Å². The van der Waals surface area contributed by atoms with Crippen LogP contribution in [-0.2, 0) is 4.79 Å². The normalized spacial score (nSPS) is 24.5. The predicted octanol–water partition coefficient (Wildman–Crippen LogP) is 3.89. The van der Waals surface area contributed by atoms with Gasteiger partial charge in [0.25, 0.3) is 0 Å². The molecular weight excluding hydrogens is 272 g/mol. The maximum Gasteiger partial charge on any atom is 0.243 e. The molecule has 1 aliphatic carbocycles. The summed E-state index contributed by atoms with van der Waals surface area (Å²) in [5.41, 5.74) is 1.06. The number of hydrogen-bond acceptors (Lipinski definition) is 2. The molecule has 2 rings (SSSR count). The van der Waals surface area contributed by atoms with Gasteiger partial charge < -0.3 is 10.2 Å². The predicted molar refractivity (Wildman–Crippen MR) is 92.8 cm³/mol. The van der Waals surface area contributed by atoms with E-state index in [4.69, 9.17) is 0 Å². The SMILES string of the molecule is CC(C)=CC(=O)NCC[C@@H]1CCCN(C2CCCCCC2)C1. The second-order valence-electron chi connectivity index (χ2n) is 7.45. The fourth-order valence-corrected chi connectivity index (χ4v) is 4.00. The van der Waals surface area contributed by atoms with E-state index in [2.05, 4.69) is 10.2 Å². The van der Waals surface area contributed by atoms with E-state index in [9.17, 15) is 4.79 Å². The van der Waals surface area contributed by atoms with Crippen molar-refractivity contribution in [3.63, 3.8) is 0 Å². The Balaban J connectivity index is 1.71. The van der Waals surface area contributed by atoms with Gasteiger partial charge in [-0.1, -0.05) is 31.3 Å². The van der Waals surface area contributed by atoms with E-state index in [0.717, 1.165) is 30.5 Å². The van der Waals surface area contributed by atoms with Gasteiger partial charge in [0.2, 0.25) is 5.91 Å². The third-order valence-corrected chi connectivity index (χ3v) is 5.16. The van der Waals surface area contributed by atoms with E-state index >= 15 is 0 Å². The highest BCUT2D eigenvalue weighted by atomic mass is 16.1. The summed E-state index contributed by atoms with van der Waals surface area (Å²) in [4.78, 5) is 14.4. The molecule has 3 heteroatoms. The summed E-state index contributed by atoms with van der Waals surface area (Å²) >= 11 is 0. The van der Waals surface area contributed by atoms with Gasteiger partial charge in [-0.3, -0.25) is 4.79 Å². The Morgan fingerprint density at radius 1 is 1.09 bits per heavy atom. The molecule has 126 valence electrons. The lowest BCUT2D eigenvalue weighted by Gasteiger charge is -2.38. The number of hydrogen-bond donors (Lipinski definition) is 1. The lowest BCUT2D eigenvalue weighted by molar-refractivity contribution is -0.116. The van der Waals surface area contributed by atoms with Crippen molar-refractivity contribution in [1.29, 1.82) is 0 Å². The average Bonchev–Trinajstić information content (AvgIpc) is 2.76. The maximum atomic E-state index is 11.6. The highest BCUT2D eigenvalue weighted by Gasteiger charge is 2.26. The number of rotatable bonds is 5. The van der Waals surface area contributed by atoms with Crippen molar-refractivity contribution < 1.29 is 4.79 Å². The van der Waals surface area contributed by atoms with Gasteiger partial charge in [0.1, 0.15) is 0 Å². The number of nitrogens with one attached hydrogen (secondary N) is 1. The van der Waals surface area contributed by atoms with Crippen LogP contribution in [0.2, 0.25) is 0 Å². The molecule has 1 saturated heterocycles. The summed E-state index contributed by atoms with van der Waals surface area (Å²) in [6.45, 7) is 7.30. The summed E-state index contributed by atoms with van der Waals surface area (Å²) in [6.07, 6.45) is 14.0. The van der Waals surface area contributed by atoms with Crippen molar-refractivity contribution in [3.8, 4) is 0 Å². The van der Waals surface area contributed by atoms with Crippen LogP contribution in [-0.4, -0.2) is 36.5 Å². The Morgan fingerprint density at radius 3 is 2.50 bits per heavy atom. The number of allylic oxidation sites excluding steroid dienone is 1. The molecule has 1 aliphatic heterocycles. The first kappa shape index (κ1) is 17.5. The largest absolute Gasteiger partial charge is 0.353 e. The van der Waals surface area contributed by atoms with Gasteiger partial charge in [-0.25, -0.2) is 0 Å². The van der Waals surface area contributed by atoms with E-state index in [1.807, 2.05) is 13.8 Å². The van der Waals surface area contributed by atoms with Gasteiger partial charge in [0.15, 0.2) is 0 Å². The second kappa shape index (κ2) is 9.34. The average molecular weight is 306 g/mol. The van der Waals surface area contributed by atoms with Crippen molar-refractivity contribution in [1.82, 2.24) is 10.2 Å². The van der Waals surface area contributed by atoms with Crippen LogP contribution in [0.5, 0.6) is 0 Å². The lowest BCUT2D eigenvalue weighted by atomic mass is 9.92. The van der Waals surface area contributed by atoms with Crippen LogP contribution in [0.3, 0.4) is 0 Å². The minimum absolute atomic E-state index is 0.0661. The fraction of sp³-hybridized carbons (Fsp3) is 0.842. The molecule has 1 saturated carbocycles. The summed E-state index contributed by atoms with van der Waals surface area (Å²) in [5, 5.41) is 3.03. The van der Waals surface area contributed by atoms with Gasteiger partial charge in [-0.15, -0.1) is 0 Å². The zero-order valence-electron chi connectivity index (χ0n) is 14.6. The summed E-state index contributed by atoms with van der Waals surface area (Å²) < 4.78 is 0. The van der Waals surface area contributed by atoms with E-state index < -0.39 is 0 Å². The molecule has 1 atom stereocenters. The minimum Gasteiger partial charge on any atom is -0.353 e. The van der Waals surface area contributed by atoms with Crippen LogP contribution < -0.4 is 5.32 Å². The van der Waals surface area contributed by atoms with E-state index in [1.54, 1.807) is 6.08 Å². The second-order valence-corrected chi connectivity index (χ2v) is 7.45. The summed E-state index contributed by atoms with van der Waals surface area (Å²) in [5.74, 6) is 0.834. The van der Waals surface area contributed by atoms with Crippen molar-refractivity contribution in [2.45, 2.75) is 77.7 Å². The van der Waals surface area contributed by atoms with Gasteiger partial charge in [0.05, 0.1) is 0 Å². The smallest absolute Gasteiger partial charge is 0.243 e. The monoisotopic (exact) mass is 306 g/mol. The van der Waals surface area contributed by atoms with Crippen LogP contribution in [0, 0.1) is 5.92 Å². The topological polar surface area (TPSA) is 32.3 Å². The van der Waals surface area contributed by atoms with Crippen LogP contribution in [0.15, 0.2) is 11.6 Å². The fourth-order valence-electron chi connectivity index (χ4n) is 4.00. The van der Waals surface area contributed by atoms with E-state index in [1.165, 1.54) is 64.5 Å². The zero-order chi connectivity index (χ0) is 15.8. The molecule has 0 unspecified atom stereocenters. The number of nitrogens with zero attached hydrogens (tertiary/aromatic N) is 1. The molecule has 0 radical (unpaired) electrons. The minimum atomic E-state index is 0.0661. The Bertz CT molecular complexity index is 366. The van der Waals surface area contributed by atoms with Crippen LogP contribution in [0.25, 0.3) is 0 Å². The molecule has 3 nitrogen and oxygen atoms in total. The molecular formula is C19H34N2O. The molecule has 1 amide bonds. The molecule has 2 fully saturated rings. The molecule has 0 spiro atoms. The first-order valence-electron chi connectivity index (χ1n) is 9.32. The zero-order valence-corrected chi connectivity index (χ0v) is 14.6. The van der Waals surface area contributed by atoms with Gasteiger partial charge in [-0.2, -0.15) is 0 Å². The highest BCUT2D eigenvalue weighted by molar-refractivity contribution is 5.87. The van der Waals surface area contributed by atoms with Gasteiger partial charge >= 0.3 is 0 Å². The Kier molecular flexibility index (Phi) is 7.44. The van der Waals surface area contributed by atoms with E-state index in [0.29, 0.717) is 0 Å². The number of piperidine rings is 1. The Morgan fingerprint density at radius 2 is 1.82 bits per heavy atom. The number of carbonyl (C=O) groups excluding carboxylic acids is 1. The molecule has 22 heavy (non-hydrogen) atoms. The first-order chi connectivity index (χ1) is 10.6. The number of amides is 1. The third kappa shape index (κ3) is 6.12. The van der Waals surface area contributed by atoms with E-state index in [-0.39, 0.29) is 5.91 Å². The molecule has 0 aromatic heterocycles. The molecule has 2 aliphatic rings. The standard InChI is InChI=1S/C19H34N2O/c1-16(2)14-19(22)20-12-11-17-8-7-13-21(15-17)18-9-5-3-4-6-10-18/h14,17-18H,3-13,15H2,1-2H3,(H,20,22)/t17-/m0/s1. The van der Waals surface area contributed by atoms with Crippen molar-refractivity contribution in [3.05, 3.63) is 11.6 Å². The maximum absolute atomic E-state index is 11.6. The summed E-state index contributed by atoms with van der Waals surface area (Å²) in [6, 6.07) is 0.838. The molecule has 1 N–H and O–H groups in total. The number of carbonyl (C=O) groups is 1. The number of likely N-dealkylation sites (tertiary alicyclic amines) is 1. The molecule has 0 aromatic rings. The first-order valence-corrected chi connectivity index (χ1v) is 9.32. The van der Waals surface area contributed by atoms with Crippen molar-refractivity contribution in [2.75, 3.05) is 19.6 Å². The van der Waals surface area contributed by atoms with Crippen LogP contribution >= 0.6 is 0 Å². The van der Waals surface area contributed by atoms with Crippen molar-refractivity contribution >= 4 is 5.91 Å². The molecule has 0 bridgehead atoms. The quantitative estimate of drug-likeness (QED) is 0.617. The Hall–Kier alpha value is -0.830. The Labute approximate surface area is 136 Å². The van der Waals surface area contributed by atoms with Gasteiger partial charge in [0, 0.05) is 25.2 Å². The third-order valence-electron chi connectivity index (χ3n) is 5.16. The van der Waals surface area contributed by atoms with Crippen LogP contribution in [0.4, 0.5) is 0 Å².